The normalized spacial score (nSPS) is 16.9. The fourth-order valence-corrected chi connectivity index (χ4v) is 3.69. The van der Waals surface area contributed by atoms with Crippen LogP contribution in [-0.2, 0) is 18.4 Å². The van der Waals surface area contributed by atoms with Crippen LogP contribution >= 0.6 is 23.2 Å². The van der Waals surface area contributed by atoms with Crippen molar-refractivity contribution >= 4 is 29.1 Å². The second-order valence-electron chi connectivity index (χ2n) is 6.52. The van der Waals surface area contributed by atoms with Gasteiger partial charge in [0.2, 0.25) is 5.91 Å². The van der Waals surface area contributed by atoms with Gasteiger partial charge in [0.25, 0.3) is 5.56 Å². The minimum absolute atomic E-state index is 0.137. The van der Waals surface area contributed by atoms with E-state index in [1.165, 1.54) is 10.8 Å². The van der Waals surface area contributed by atoms with Crippen molar-refractivity contribution in [3.63, 3.8) is 0 Å². The zero-order valence-electron chi connectivity index (χ0n) is 14.5. The van der Waals surface area contributed by atoms with Crippen LogP contribution < -0.4 is 11.2 Å². The molecule has 1 amide bonds. The van der Waals surface area contributed by atoms with E-state index in [-0.39, 0.29) is 18.5 Å². The van der Waals surface area contributed by atoms with Crippen LogP contribution in [0.25, 0.3) is 0 Å². The van der Waals surface area contributed by atoms with E-state index < -0.39 is 11.2 Å². The largest absolute Gasteiger partial charge is 0.334 e. The molecule has 0 saturated carbocycles. The molecule has 0 radical (unpaired) electrons. The third-order valence-corrected chi connectivity index (χ3v) is 5.44. The molecule has 1 atom stereocenters. The monoisotopic (exact) mass is 395 g/mol. The summed E-state index contributed by atoms with van der Waals surface area (Å²) in [6.45, 7) is 1.92. The van der Waals surface area contributed by atoms with Crippen molar-refractivity contribution in [2.75, 3.05) is 6.54 Å². The van der Waals surface area contributed by atoms with Crippen LogP contribution in [0.15, 0.2) is 34.0 Å². The molecular weight excluding hydrogens is 377 g/mol. The number of likely N-dealkylation sites (tertiary alicyclic amines) is 1. The molecule has 1 saturated heterocycles. The number of carbonyl (C=O) groups excluding carboxylic acids is 1. The number of carbonyl (C=O) groups is 1. The lowest BCUT2D eigenvalue weighted by Crippen LogP contribution is -2.44. The average molecular weight is 396 g/mol. The van der Waals surface area contributed by atoms with Gasteiger partial charge in [0.1, 0.15) is 6.54 Å². The van der Waals surface area contributed by atoms with Gasteiger partial charge in [-0.3, -0.25) is 14.2 Å². The Balaban J connectivity index is 1.89. The molecule has 1 fully saturated rings. The molecule has 2 heterocycles. The van der Waals surface area contributed by atoms with Gasteiger partial charge in [-0.05, 0) is 37.5 Å². The highest BCUT2D eigenvalue weighted by atomic mass is 35.5. The first-order valence-corrected chi connectivity index (χ1v) is 9.06. The predicted octanol–water partition coefficient (Wildman–Crippen LogP) is 2.53. The number of halogens is 2. The summed E-state index contributed by atoms with van der Waals surface area (Å²) >= 11 is 12.1. The zero-order valence-corrected chi connectivity index (χ0v) is 16.0. The van der Waals surface area contributed by atoms with Crippen LogP contribution in [-0.4, -0.2) is 26.5 Å². The molecule has 26 heavy (non-hydrogen) atoms. The third kappa shape index (κ3) is 3.44. The lowest BCUT2D eigenvalue weighted by Gasteiger charge is -2.25. The number of amides is 1. The van der Waals surface area contributed by atoms with Gasteiger partial charge in [0.15, 0.2) is 0 Å². The molecule has 138 valence electrons. The van der Waals surface area contributed by atoms with Crippen molar-refractivity contribution in [3.05, 3.63) is 66.4 Å². The molecule has 6 nitrogen and oxygen atoms in total. The molecule has 1 unspecified atom stereocenters. The number of hydrogen-bond acceptors (Lipinski definition) is 3. The van der Waals surface area contributed by atoms with Crippen LogP contribution in [0.2, 0.25) is 10.0 Å². The Labute approximate surface area is 160 Å². The predicted molar refractivity (Wildman–Crippen MR) is 101 cm³/mol. The summed E-state index contributed by atoms with van der Waals surface area (Å²) in [5, 5.41) is 0.897. The van der Waals surface area contributed by atoms with Gasteiger partial charge in [0.05, 0.1) is 16.1 Å². The van der Waals surface area contributed by atoms with Gasteiger partial charge < -0.3 is 9.47 Å². The number of nitrogens with zero attached hydrogens (tertiary/aromatic N) is 3. The van der Waals surface area contributed by atoms with E-state index in [0.29, 0.717) is 22.2 Å². The topological polar surface area (TPSA) is 64.3 Å². The maximum absolute atomic E-state index is 12.8. The smallest absolute Gasteiger partial charge is 0.331 e. The van der Waals surface area contributed by atoms with Gasteiger partial charge in [-0.15, -0.1) is 0 Å². The standard InChI is InChI=1S/C18H19Cl2N3O3/c1-11-9-21(2)18(26)23(17(11)25)10-16(24)22-7-3-4-15(22)12-5-6-13(19)14(20)8-12/h5-6,8-9,15H,3-4,7,10H2,1-2H3. The highest BCUT2D eigenvalue weighted by Crippen LogP contribution is 2.35. The van der Waals surface area contributed by atoms with E-state index in [9.17, 15) is 14.4 Å². The molecule has 2 aromatic rings. The SMILES string of the molecule is Cc1cn(C)c(=O)n(CC(=O)N2CCCC2c2ccc(Cl)c(Cl)c2)c1=O. The first-order valence-electron chi connectivity index (χ1n) is 8.31. The van der Waals surface area contributed by atoms with E-state index in [1.54, 1.807) is 31.0 Å². The summed E-state index contributed by atoms with van der Waals surface area (Å²) < 4.78 is 2.30. The summed E-state index contributed by atoms with van der Waals surface area (Å²) in [6, 6.07) is 5.18. The Morgan fingerprint density at radius 1 is 1.23 bits per heavy atom. The Kier molecular flexibility index (Phi) is 5.25. The molecule has 0 bridgehead atoms. The van der Waals surface area contributed by atoms with Crippen LogP contribution in [0, 0.1) is 6.92 Å². The number of benzene rings is 1. The number of rotatable bonds is 3. The lowest BCUT2D eigenvalue weighted by atomic mass is 10.0. The summed E-state index contributed by atoms with van der Waals surface area (Å²) in [5.74, 6) is -0.261. The summed E-state index contributed by atoms with van der Waals surface area (Å²) in [6.07, 6.45) is 3.11. The Morgan fingerprint density at radius 2 is 1.96 bits per heavy atom. The van der Waals surface area contributed by atoms with Gasteiger partial charge in [-0.1, -0.05) is 29.3 Å². The number of aromatic nitrogens is 2. The molecule has 0 aliphatic carbocycles. The van der Waals surface area contributed by atoms with Crippen LogP contribution in [0.3, 0.4) is 0 Å². The average Bonchev–Trinajstić information content (AvgIpc) is 3.09. The molecule has 1 aromatic carbocycles. The van der Waals surface area contributed by atoms with E-state index in [4.69, 9.17) is 23.2 Å². The van der Waals surface area contributed by atoms with Gasteiger partial charge in [-0.25, -0.2) is 4.79 Å². The Morgan fingerprint density at radius 3 is 2.65 bits per heavy atom. The van der Waals surface area contributed by atoms with Crippen LogP contribution in [0.5, 0.6) is 0 Å². The maximum Gasteiger partial charge on any atom is 0.331 e. The van der Waals surface area contributed by atoms with Crippen LogP contribution in [0.4, 0.5) is 0 Å². The molecule has 8 heteroatoms. The molecule has 0 spiro atoms. The molecule has 3 rings (SSSR count). The number of hydrogen-bond donors (Lipinski definition) is 0. The Hall–Kier alpha value is -2.05. The second-order valence-corrected chi connectivity index (χ2v) is 7.33. The first kappa shape index (κ1) is 18.7. The first-order chi connectivity index (χ1) is 12.3. The van der Waals surface area contributed by atoms with Gasteiger partial charge in [-0.2, -0.15) is 0 Å². The molecule has 1 aliphatic rings. The number of aryl methyl sites for hydroxylation is 2. The van der Waals surface area contributed by atoms with E-state index >= 15 is 0 Å². The second kappa shape index (κ2) is 7.29. The summed E-state index contributed by atoms with van der Waals surface area (Å²) in [5.41, 5.74) is 0.378. The molecule has 1 aromatic heterocycles. The highest BCUT2D eigenvalue weighted by Gasteiger charge is 2.30. The van der Waals surface area contributed by atoms with Crippen molar-refractivity contribution in [3.8, 4) is 0 Å². The van der Waals surface area contributed by atoms with Crippen molar-refractivity contribution in [1.29, 1.82) is 0 Å². The quantitative estimate of drug-likeness (QED) is 0.801. The zero-order chi connectivity index (χ0) is 19.0. The molecule has 1 aliphatic heterocycles. The fraction of sp³-hybridized carbons (Fsp3) is 0.389. The van der Waals surface area contributed by atoms with E-state index in [2.05, 4.69) is 0 Å². The minimum Gasteiger partial charge on any atom is -0.334 e. The van der Waals surface area contributed by atoms with Crippen molar-refractivity contribution in [2.24, 2.45) is 7.05 Å². The maximum atomic E-state index is 12.8. The van der Waals surface area contributed by atoms with Gasteiger partial charge in [0, 0.05) is 25.4 Å². The Bertz CT molecular complexity index is 946. The molecular formula is C18H19Cl2N3O3. The summed E-state index contributed by atoms with van der Waals surface area (Å²) in [4.78, 5) is 39.1. The highest BCUT2D eigenvalue weighted by molar-refractivity contribution is 6.42. The lowest BCUT2D eigenvalue weighted by molar-refractivity contribution is -0.132. The van der Waals surface area contributed by atoms with Gasteiger partial charge >= 0.3 is 5.69 Å². The minimum atomic E-state index is -0.501. The fourth-order valence-electron chi connectivity index (χ4n) is 3.39. The van der Waals surface area contributed by atoms with Crippen LogP contribution in [0.1, 0.15) is 30.0 Å². The van der Waals surface area contributed by atoms with Crippen molar-refractivity contribution < 1.29 is 4.79 Å². The van der Waals surface area contributed by atoms with E-state index in [1.807, 2.05) is 6.07 Å². The van der Waals surface area contributed by atoms with Crippen molar-refractivity contribution in [2.45, 2.75) is 32.4 Å². The summed E-state index contributed by atoms with van der Waals surface area (Å²) in [7, 11) is 1.56. The molecule has 0 N–H and O–H groups in total. The van der Waals surface area contributed by atoms with Crippen molar-refractivity contribution in [1.82, 2.24) is 14.0 Å². The van der Waals surface area contributed by atoms with E-state index in [0.717, 1.165) is 23.0 Å². The third-order valence-electron chi connectivity index (χ3n) is 4.70.